The number of rotatable bonds is 0. The predicted molar refractivity (Wildman–Crippen MR) is 57.8 cm³/mol. The Morgan fingerprint density at radius 2 is 2.08 bits per heavy atom. The van der Waals surface area contributed by atoms with Crippen molar-refractivity contribution in [2.45, 2.75) is 20.8 Å². The molecule has 0 saturated heterocycles. The molecule has 2 heterocycles. The van der Waals surface area contributed by atoms with Crippen LogP contribution >= 0.6 is 0 Å². The Morgan fingerprint density at radius 1 is 1.31 bits per heavy atom. The zero-order valence-electron chi connectivity index (χ0n) is 8.46. The molecule has 0 radical (unpaired) electrons. The normalized spacial score (nSPS) is 12.2. The molecule has 1 aromatic heterocycles. The van der Waals surface area contributed by atoms with Gasteiger partial charge in [-0.1, -0.05) is 19.9 Å². The van der Waals surface area contributed by atoms with E-state index in [0.29, 0.717) is 0 Å². The van der Waals surface area contributed by atoms with E-state index in [-0.39, 0.29) is 0 Å². The highest BCUT2D eigenvalue weighted by Crippen LogP contribution is 2.17. The summed E-state index contributed by atoms with van der Waals surface area (Å²) in [5.41, 5.74) is 3.26. The SMILES string of the molecule is CC.Cc1ccc2c(n1)C=CCN2. The first-order valence-corrected chi connectivity index (χ1v) is 4.74. The largest absolute Gasteiger partial charge is 0.380 e. The number of aryl methyl sites for hydroxylation is 1. The molecule has 0 saturated carbocycles. The van der Waals surface area contributed by atoms with Gasteiger partial charge in [-0.3, -0.25) is 4.98 Å². The van der Waals surface area contributed by atoms with Gasteiger partial charge in [0.15, 0.2) is 0 Å². The lowest BCUT2D eigenvalue weighted by Gasteiger charge is -2.11. The van der Waals surface area contributed by atoms with Crippen LogP contribution in [0.3, 0.4) is 0 Å². The topological polar surface area (TPSA) is 24.9 Å². The van der Waals surface area contributed by atoms with Gasteiger partial charge in [-0.25, -0.2) is 0 Å². The molecule has 0 fully saturated rings. The molecule has 0 bridgehead atoms. The van der Waals surface area contributed by atoms with Crippen molar-refractivity contribution in [3.63, 3.8) is 0 Å². The maximum Gasteiger partial charge on any atom is 0.0861 e. The Morgan fingerprint density at radius 3 is 2.85 bits per heavy atom. The van der Waals surface area contributed by atoms with E-state index in [9.17, 15) is 0 Å². The van der Waals surface area contributed by atoms with Crippen molar-refractivity contribution >= 4 is 11.8 Å². The number of fused-ring (bicyclic) bond motifs is 1. The predicted octanol–water partition coefficient (Wildman–Crippen LogP) is 2.85. The second-order valence-corrected chi connectivity index (χ2v) is 2.67. The standard InChI is InChI=1S/C9H10N2.C2H6/c1-7-4-5-8-9(11-7)3-2-6-10-8;1-2/h2-5,10H,6H2,1H3;1-2H3. The number of hydrogen-bond acceptors (Lipinski definition) is 2. The van der Waals surface area contributed by atoms with Crippen molar-refractivity contribution in [2.24, 2.45) is 0 Å². The fourth-order valence-electron chi connectivity index (χ4n) is 1.19. The number of aromatic nitrogens is 1. The van der Waals surface area contributed by atoms with Gasteiger partial charge in [0.2, 0.25) is 0 Å². The average Bonchev–Trinajstić information content (AvgIpc) is 2.21. The van der Waals surface area contributed by atoms with Crippen molar-refractivity contribution in [1.82, 2.24) is 4.98 Å². The molecule has 70 valence electrons. The van der Waals surface area contributed by atoms with Gasteiger partial charge in [0.25, 0.3) is 0 Å². The number of nitrogens with one attached hydrogen (secondary N) is 1. The van der Waals surface area contributed by atoms with Gasteiger partial charge >= 0.3 is 0 Å². The summed E-state index contributed by atoms with van der Waals surface area (Å²) in [6, 6.07) is 4.09. The maximum atomic E-state index is 4.36. The van der Waals surface area contributed by atoms with Crippen LogP contribution in [0.5, 0.6) is 0 Å². The molecule has 1 aromatic rings. The fraction of sp³-hybridized carbons (Fsp3) is 0.364. The van der Waals surface area contributed by atoms with Crippen molar-refractivity contribution in [1.29, 1.82) is 0 Å². The zero-order valence-corrected chi connectivity index (χ0v) is 8.46. The Bertz CT molecular complexity index is 303. The van der Waals surface area contributed by atoms with Gasteiger partial charge in [-0.15, -0.1) is 0 Å². The minimum Gasteiger partial charge on any atom is -0.380 e. The third-order valence-electron chi connectivity index (χ3n) is 1.75. The van der Waals surface area contributed by atoms with Gasteiger partial charge < -0.3 is 5.32 Å². The van der Waals surface area contributed by atoms with Crippen molar-refractivity contribution in [3.8, 4) is 0 Å². The van der Waals surface area contributed by atoms with Gasteiger partial charge in [0.05, 0.1) is 11.4 Å². The van der Waals surface area contributed by atoms with Gasteiger partial charge in [0.1, 0.15) is 0 Å². The van der Waals surface area contributed by atoms with E-state index in [1.165, 1.54) is 0 Å². The van der Waals surface area contributed by atoms with Crippen LogP contribution in [0.15, 0.2) is 18.2 Å². The van der Waals surface area contributed by atoms with E-state index < -0.39 is 0 Å². The summed E-state index contributed by atoms with van der Waals surface area (Å²) in [5, 5.41) is 3.24. The lowest BCUT2D eigenvalue weighted by molar-refractivity contribution is 1.15. The quantitative estimate of drug-likeness (QED) is 0.657. The smallest absolute Gasteiger partial charge is 0.0861 e. The van der Waals surface area contributed by atoms with Crippen molar-refractivity contribution in [3.05, 3.63) is 29.6 Å². The highest BCUT2D eigenvalue weighted by Gasteiger charge is 2.02. The fourth-order valence-corrected chi connectivity index (χ4v) is 1.19. The summed E-state index contributed by atoms with van der Waals surface area (Å²) in [5.74, 6) is 0. The lowest BCUT2D eigenvalue weighted by Crippen LogP contribution is -2.05. The minimum absolute atomic E-state index is 0.914. The molecule has 0 amide bonds. The van der Waals surface area contributed by atoms with E-state index in [4.69, 9.17) is 0 Å². The Kier molecular flexibility index (Phi) is 3.50. The number of nitrogens with zero attached hydrogens (tertiary/aromatic N) is 1. The lowest BCUT2D eigenvalue weighted by atomic mass is 10.2. The minimum atomic E-state index is 0.914. The van der Waals surface area contributed by atoms with Crippen LogP contribution in [0, 0.1) is 6.92 Å². The molecule has 2 heteroatoms. The molecular formula is C11H16N2. The Labute approximate surface area is 79.7 Å². The van der Waals surface area contributed by atoms with E-state index >= 15 is 0 Å². The molecule has 0 aromatic carbocycles. The van der Waals surface area contributed by atoms with Crippen LogP contribution in [0.1, 0.15) is 25.2 Å². The van der Waals surface area contributed by atoms with E-state index in [0.717, 1.165) is 23.6 Å². The van der Waals surface area contributed by atoms with Crippen LogP contribution in [-0.4, -0.2) is 11.5 Å². The monoisotopic (exact) mass is 176 g/mol. The van der Waals surface area contributed by atoms with E-state index in [2.05, 4.69) is 28.5 Å². The number of hydrogen-bond donors (Lipinski definition) is 1. The summed E-state index contributed by atoms with van der Waals surface area (Å²) >= 11 is 0. The van der Waals surface area contributed by atoms with Gasteiger partial charge in [-0.05, 0) is 25.1 Å². The molecule has 2 nitrogen and oxygen atoms in total. The first-order chi connectivity index (χ1) is 6.36. The molecule has 0 spiro atoms. The molecule has 1 aliphatic heterocycles. The molecule has 2 rings (SSSR count). The molecule has 0 aliphatic carbocycles. The number of pyridine rings is 1. The van der Waals surface area contributed by atoms with Crippen LogP contribution in [-0.2, 0) is 0 Å². The van der Waals surface area contributed by atoms with Crippen molar-refractivity contribution < 1.29 is 0 Å². The molecule has 0 atom stereocenters. The zero-order chi connectivity index (χ0) is 9.68. The third kappa shape index (κ3) is 2.31. The maximum absolute atomic E-state index is 4.36. The van der Waals surface area contributed by atoms with E-state index in [1.54, 1.807) is 0 Å². The van der Waals surface area contributed by atoms with Gasteiger partial charge in [0, 0.05) is 12.2 Å². The second-order valence-electron chi connectivity index (χ2n) is 2.67. The Hall–Kier alpha value is -1.31. The molecule has 1 aliphatic rings. The van der Waals surface area contributed by atoms with Crippen molar-refractivity contribution in [2.75, 3.05) is 11.9 Å². The van der Waals surface area contributed by atoms with Crippen LogP contribution in [0.2, 0.25) is 0 Å². The molecule has 13 heavy (non-hydrogen) atoms. The van der Waals surface area contributed by atoms with Crippen LogP contribution in [0.4, 0.5) is 5.69 Å². The van der Waals surface area contributed by atoms with Gasteiger partial charge in [-0.2, -0.15) is 0 Å². The molecule has 0 unspecified atom stereocenters. The first kappa shape index (κ1) is 9.78. The molecule has 1 N–H and O–H groups in total. The summed E-state index contributed by atoms with van der Waals surface area (Å²) < 4.78 is 0. The summed E-state index contributed by atoms with van der Waals surface area (Å²) in [6.45, 7) is 6.92. The summed E-state index contributed by atoms with van der Waals surface area (Å²) in [4.78, 5) is 4.36. The average molecular weight is 176 g/mol. The van der Waals surface area contributed by atoms with Crippen LogP contribution < -0.4 is 5.32 Å². The first-order valence-electron chi connectivity index (χ1n) is 4.74. The summed E-state index contributed by atoms with van der Waals surface area (Å²) in [6.07, 6.45) is 4.13. The Balaban J connectivity index is 0.000000396. The number of anilines is 1. The summed E-state index contributed by atoms with van der Waals surface area (Å²) in [7, 11) is 0. The second kappa shape index (κ2) is 4.65. The van der Waals surface area contributed by atoms with E-state index in [1.807, 2.05) is 26.8 Å². The van der Waals surface area contributed by atoms with Crippen LogP contribution in [0.25, 0.3) is 6.08 Å². The molecular weight excluding hydrogens is 160 g/mol. The highest BCUT2D eigenvalue weighted by atomic mass is 14.9. The highest BCUT2D eigenvalue weighted by molar-refractivity contribution is 5.66. The third-order valence-corrected chi connectivity index (χ3v) is 1.75.